The molecule has 3 nitrogen and oxygen atoms in total. The summed E-state index contributed by atoms with van der Waals surface area (Å²) in [5.74, 6) is -0.0273. The third kappa shape index (κ3) is 3.77. The van der Waals surface area contributed by atoms with Crippen LogP contribution in [0.2, 0.25) is 5.02 Å². The normalized spacial score (nSPS) is 12.8. The molecule has 0 aliphatic heterocycles. The van der Waals surface area contributed by atoms with Gasteiger partial charge in [0.1, 0.15) is 6.04 Å². The molecule has 0 aliphatic carbocycles. The number of ether oxygens (including phenoxy) is 1. The minimum absolute atomic E-state index is 0.197. The Balaban J connectivity index is 2.53. The molecule has 90 valence electrons. The van der Waals surface area contributed by atoms with Gasteiger partial charge >= 0.3 is 5.97 Å². The van der Waals surface area contributed by atoms with E-state index < -0.39 is 0 Å². The van der Waals surface area contributed by atoms with E-state index in [1.807, 2.05) is 25.3 Å². The van der Waals surface area contributed by atoms with E-state index in [1.165, 1.54) is 7.11 Å². The number of hydrogen-bond acceptors (Lipinski definition) is 4. The zero-order chi connectivity index (χ0) is 12.1. The van der Waals surface area contributed by atoms with Gasteiger partial charge in [0.2, 0.25) is 0 Å². The highest BCUT2D eigenvalue weighted by atomic mass is 35.5. The number of thiophene rings is 1. The van der Waals surface area contributed by atoms with Crippen molar-refractivity contribution in [1.82, 2.24) is 5.32 Å². The van der Waals surface area contributed by atoms with Crippen LogP contribution in [0.25, 0.3) is 0 Å². The Hall–Kier alpha value is -0.580. The zero-order valence-electron chi connectivity index (χ0n) is 9.62. The number of methoxy groups -OCH3 is 1. The van der Waals surface area contributed by atoms with Gasteiger partial charge in [0.25, 0.3) is 0 Å². The fourth-order valence-electron chi connectivity index (χ4n) is 1.38. The van der Waals surface area contributed by atoms with Gasteiger partial charge < -0.3 is 4.74 Å². The lowest BCUT2D eigenvalue weighted by Crippen LogP contribution is -2.41. The molecule has 1 atom stereocenters. The summed E-state index contributed by atoms with van der Waals surface area (Å²) in [7, 11) is 1.40. The highest BCUT2D eigenvalue weighted by molar-refractivity contribution is 7.10. The molecule has 1 rings (SSSR count). The van der Waals surface area contributed by atoms with Gasteiger partial charge in [0.05, 0.1) is 12.1 Å². The molecule has 1 aromatic heterocycles. The predicted molar refractivity (Wildman–Crippen MR) is 66.8 cm³/mol. The van der Waals surface area contributed by atoms with Crippen molar-refractivity contribution in [3.05, 3.63) is 21.3 Å². The monoisotopic (exact) mass is 261 g/mol. The number of esters is 1. The van der Waals surface area contributed by atoms with Gasteiger partial charge in [-0.1, -0.05) is 25.4 Å². The van der Waals surface area contributed by atoms with Crippen LogP contribution >= 0.6 is 22.9 Å². The molecule has 0 spiro atoms. The Morgan fingerprint density at radius 2 is 2.31 bits per heavy atom. The third-order valence-electron chi connectivity index (χ3n) is 2.24. The minimum atomic E-state index is -0.272. The SMILES string of the molecule is COC(=O)C(NCc1cc(Cl)cs1)C(C)C. The van der Waals surface area contributed by atoms with E-state index in [4.69, 9.17) is 16.3 Å². The van der Waals surface area contributed by atoms with Crippen molar-refractivity contribution in [2.75, 3.05) is 7.11 Å². The molecule has 0 saturated heterocycles. The molecule has 0 amide bonds. The van der Waals surface area contributed by atoms with E-state index in [0.717, 1.165) is 9.90 Å². The van der Waals surface area contributed by atoms with E-state index in [1.54, 1.807) is 11.3 Å². The van der Waals surface area contributed by atoms with Crippen molar-refractivity contribution >= 4 is 28.9 Å². The summed E-state index contributed by atoms with van der Waals surface area (Å²) in [6, 6.07) is 1.62. The highest BCUT2D eigenvalue weighted by Crippen LogP contribution is 2.19. The summed E-state index contributed by atoms with van der Waals surface area (Å²) in [5, 5.41) is 5.79. The maximum atomic E-state index is 11.5. The minimum Gasteiger partial charge on any atom is -0.468 e. The van der Waals surface area contributed by atoms with Crippen LogP contribution < -0.4 is 5.32 Å². The topological polar surface area (TPSA) is 38.3 Å². The molecule has 1 N–H and O–H groups in total. The van der Waals surface area contributed by atoms with Crippen LogP contribution in [0, 0.1) is 5.92 Å². The van der Waals surface area contributed by atoms with Crippen LogP contribution in [0.15, 0.2) is 11.4 Å². The Morgan fingerprint density at radius 1 is 1.62 bits per heavy atom. The Kier molecular flexibility index (Phi) is 5.25. The molecule has 5 heteroatoms. The molecule has 0 bridgehead atoms. The quantitative estimate of drug-likeness (QED) is 0.829. The van der Waals surface area contributed by atoms with Crippen molar-refractivity contribution in [2.24, 2.45) is 5.92 Å². The molecule has 1 unspecified atom stereocenters. The van der Waals surface area contributed by atoms with Crippen molar-refractivity contribution in [2.45, 2.75) is 26.4 Å². The number of hydrogen-bond donors (Lipinski definition) is 1. The van der Waals surface area contributed by atoms with Crippen molar-refractivity contribution in [1.29, 1.82) is 0 Å². The molecule has 0 aromatic carbocycles. The summed E-state index contributed by atoms with van der Waals surface area (Å²) in [6.07, 6.45) is 0. The second-order valence-electron chi connectivity index (χ2n) is 3.86. The molecular weight excluding hydrogens is 246 g/mol. The van der Waals surface area contributed by atoms with Gasteiger partial charge in [-0.2, -0.15) is 0 Å². The van der Waals surface area contributed by atoms with Crippen LogP contribution in [0.1, 0.15) is 18.7 Å². The lowest BCUT2D eigenvalue weighted by Gasteiger charge is -2.19. The molecule has 1 heterocycles. The fraction of sp³-hybridized carbons (Fsp3) is 0.545. The number of carbonyl (C=O) groups excluding carboxylic acids is 1. The molecule has 0 saturated carbocycles. The van der Waals surface area contributed by atoms with E-state index in [0.29, 0.717) is 6.54 Å². The molecule has 1 aromatic rings. The summed E-state index contributed by atoms with van der Waals surface area (Å²) in [4.78, 5) is 12.6. The van der Waals surface area contributed by atoms with E-state index in [2.05, 4.69) is 5.32 Å². The van der Waals surface area contributed by atoms with Crippen LogP contribution in [-0.2, 0) is 16.1 Å². The largest absolute Gasteiger partial charge is 0.468 e. The second-order valence-corrected chi connectivity index (χ2v) is 5.29. The van der Waals surface area contributed by atoms with Crippen LogP contribution in [0.4, 0.5) is 0 Å². The number of halogens is 1. The van der Waals surface area contributed by atoms with Gasteiger partial charge in [0.15, 0.2) is 0 Å². The third-order valence-corrected chi connectivity index (χ3v) is 3.52. The Morgan fingerprint density at radius 3 is 2.75 bits per heavy atom. The van der Waals surface area contributed by atoms with Crippen molar-refractivity contribution in [3.8, 4) is 0 Å². The summed E-state index contributed by atoms with van der Waals surface area (Å²) in [5.41, 5.74) is 0. The first-order valence-corrected chi connectivity index (χ1v) is 6.34. The van der Waals surface area contributed by atoms with Gasteiger partial charge in [-0.15, -0.1) is 11.3 Å². The number of carbonyl (C=O) groups is 1. The molecule has 16 heavy (non-hydrogen) atoms. The standard InChI is InChI=1S/C11H16ClNO2S/c1-7(2)10(11(14)15-3)13-5-9-4-8(12)6-16-9/h4,6-7,10,13H,5H2,1-3H3. The van der Waals surface area contributed by atoms with Gasteiger partial charge in [-0.3, -0.25) is 10.1 Å². The summed E-state index contributed by atoms with van der Waals surface area (Å²) < 4.78 is 4.74. The zero-order valence-corrected chi connectivity index (χ0v) is 11.2. The van der Waals surface area contributed by atoms with Gasteiger partial charge in [-0.05, 0) is 12.0 Å². The predicted octanol–water partition coefficient (Wildman–Crippen LogP) is 2.69. The van der Waals surface area contributed by atoms with Gasteiger partial charge in [-0.25, -0.2) is 0 Å². The lowest BCUT2D eigenvalue weighted by atomic mass is 10.0. The molecule has 0 aliphatic rings. The van der Waals surface area contributed by atoms with E-state index >= 15 is 0 Å². The smallest absolute Gasteiger partial charge is 0.323 e. The highest BCUT2D eigenvalue weighted by Gasteiger charge is 2.22. The second kappa shape index (κ2) is 6.23. The van der Waals surface area contributed by atoms with Crippen LogP contribution in [0.5, 0.6) is 0 Å². The summed E-state index contributed by atoms with van der Waals surface area (Å²) in [6.45, 7) is 4.60. The molecule has 0 fully saturated rings. The lowest BCUT2D eigenvalue weighted by molar-refractivity contribution is -0.144. The molecular formula is C11H16ClNO2S. The summed E-state index contributed by atoms with van der Waals surface area (Å²) >= 11 is 7.40. The number of rotatable bonds is 5. The Labute approximate surface area is 105 Å². The Bertz CT molecular complexity index is 352. The van der Waals surface area contributed by atoms with E-state index in [9.17, 15) is 4.79 Å². The van der Waals surface area contributed by atoms with Crippen molar-refractivity contribution in [3.63, 3.8) is 0 Å². The number of nitrogens with one attached hydrogen (secondary N) is 1. The fourth-order valence-corrected chi connectivity index (χ4v) is 2.40. The first-order valence-electron chi connectivity index (χ1n) is 5.08. The molecule has 0 radical (unpaired) electrons. The van der Waals surface area contributed by atoms with Crippen LogP contribution in [-0.4, -0.2) is 19.1 Å². The average molecular weight is 262 g/mol. The van der Waals surface area contributed by atoms with E-state index in [-0.39, 0.29) is 17.9 Å². The van der Waals surface area contributed by atoms with Crippen molar-refractivity contribution < 1.29 is 9.53 Å². The van der Waals surface area contributed by atoms with Gasteiger partial charge in [0, 0.05) is 16.8 Å². The first kappa shape index (κ1) is 13.5. The maximum absolute atomic E-state index is 11.5. The average Bonchev–Trinajstić information content (AvgIpc) is 2.63. The first-order chi connectivity index (χ1) is 7.54. The maximum Gasteiger partial charge on any atom is 0.323 e. The van der Waals surface area contributed by atoms with Crippen LogP contribution in [0.3, 0.4) is 0 Å².